The molecule has 2 aliphatic heterocycles. The summed E-state index contributed by atoms with van der Waals surface area (Å²) in [4.78, 5) is 24.0. The van der Waals surface area contributed by atoms with Crippen LogP contribution in [0.15, 0.2) is 82.9 Å². The van der Waals surface area contributed by atoms with Gasteiger partial charge in [0.15, 0.2) is 5.84 Å². The van der Waals surface area contributed by atoms with E-state index in [1.807, 2.05) is 66.9 Å². The number of allylic oxidation sites excluding steroid dienone is 2. The highest BCUT2D eigenvalue weighted by Crippen LogP contribution is 2.23. The topological polar surface area (TPSA) is 45.0 Å². The van der Waals surface area contributed by atoms with E-state index in [1.54, 1.807) is 0 Å². The van der Waals surface area contributed by atoms with E-state index >= 15 is 0 Å². The highest BCUT2D eigenvalue weighted by molar-refractivity contribution is 6.16. The lowest BCUT2D eigenvalue weighted by Crippen LogP contribution is -2.24. The second kappa shape index (κ2) is 7.04. The van der Waals surface area contributed by atoms with Gasteiger partial charge in [-0.05, 0) is 40.8 Å². The Morgan fingerprint density at radius 1 is 1.04 bits per heavy atom. The number of nitrogens with zero attached hydrogens (tertiary/aromatic N) is 3. The third-order valence-corrected chi connectivity index (χ3v) is 4.94. The lowest BCUT2D eigenvalue weighted by molar-refractivity contribution is 0.100. The lowest BCUT2D eigenvalue weighted by atomic mass is 9.87. The summed E-state index contributed by atoms with van der Waals surface area (Å²) in [5, 5.41) is 0. The zero-order valence-corrected chi connectivity index (χ0v) is 16.4. The van der Waals surface area contributed by atoms with Crippen LogP contribution in [0.5, 0.6) is 0 Å². The molecule has 0 saturated carbocycles. The molecule has 140 valence electrons. The highest BCUT2D eigenvalue weighted by atomic mass is 16.1. The van der Waals surface area contributed by atoms with Gasteiger partial charge in [0, 0.05) is 23.9 Å². The van der Waals surface area contributed by atoms with Crippen LogP contribution >= 0.6 is 0 Å². The van der Waals surface area contributed by atoms with Crippen molar-refractivity contribution in [2.24, 2.45) is 9.98 Å². The zero-order chi connectivity index (χ0) is 19.7. The van der Waals surface area contributed by atoms with Gasteiger partial charge in [0.1, 0.15) is 5.84 Å². The molecule has 2 aliphatic rings. The number of carbonyl (C=O) groups excluding carboxylic acids is 1. The van der Waals surface area contributed by atoms with Gasteiger partial charge in [-0.25, -0.2) is 4.99 Å². The molecule has 0 N–H and O–H groups in total. The maximum Gasteiger partial charge on any atom is 0.279 e. The molecular weight excluding hydrogens is 346 g/mol. The third kappa shape index (κ3) is 3.58. The SMILES string of the molecule is CC(C)(C)c1ccc(C(=O)N=C2N=C3C=CC=CN3Cc3ccccc32)cc1. The van der Waals surface area contributed by atoms with Crippen molar-refractivity contribution >= 4 is 17.6 Å². The van der Waals surface area contributed by atoms with Crippen LogP contribution in [0.4, 0.5) is 0 Å². The summed E-state index contributed by atoms with van der Waals surface area (Å²) in [5.41, 5.74) is 3.79. The molecule has 2 aromatic carbocycles. The summed E-state index contributed by atoms with van der Waals surface area (Å²) in [7, 11) is 0. The Bertz CT molecular complexity index is 1030. The molecule has 2 aromatic rings. The summed E-state index contributed by atoms with van der Waals surface area (Å²) >= 11 is 0. The van der Waals surface area contributed by atoms with Crippen LogP contribution in [0, 0.1) is 0 Å². The first-order valence-corrected chi connectivity index (χ1v) is 9.44. The van der Waals surface area contributed by atoms with E-state index < -0.39 is 0 Å². The van der Waals surface area contributed by atoms with Gasteiger partial charge in [-0.3, -0.25) is 4.79 Å². The smallest absolute Gasteiger partial charge is 0.279 e. The Kier molecular flexibility index (Phi) is 4.55. The first kappa shape index (κ1) is 18.1. The first-order chi connectivity index (χ1) is 13.4. The Morgan fingerprint density at radius 2 is 1.79 bits per heavy atom. The minimum Gasteiger partial charge on any atom is -0.329 e. The number of fused-ring (bicyclic) bond motifs is 2. The second-order valence-corrected chi connectivity index (χ2v) is 8.02. The average Bonchev–Trinajstić information content (AvgIpc) is 2.84. The third-order valence-electron chi connectivity index (χ3n) is 4.94. The standard InChI is InChI=1S/C24H23N3O/c1-24(2,3)19-13-11-17(12-14-19)23(28)26-22-20-9-5-4-8-18(20)16-27-15-7-6-10-21(27)25-22/h4-15H,16H2,1-3H3. The van der Waals surface area contributed by atoms with Crippen LogP contribution in [0.2, 0.25) is 0 Å². The summed E-state index contributed by atoms with van der Waals surface area (Å²) < 4.78 is 0. The molecule has 4 heteroatoms. The second-order valence-electron chi connectivity index (χ2n) is 8.02. The summed E-state index contributed by atoms with van der Waals surface area (Å²) in [5.74, 6) is 0.963. The van der Waals surface area contributed by atoms with Crippen LogP contribution in [0.1, 0.15) is 47.8 Å². The maximum absolute atomic E-state index is 12.9. The van der Waals surface area contributed by atoms with Crippen LogP contribution in [0.25, 0.3) is 0 Å². The van der Waals surface area contributed by atoms with Crippen LogP contribution in [-0.4, -0.2) is 22.5 Å². The fourth-order valence-corrected chi connectivity index (χ4v) is 3.29. The Hall–Kier alpha value is -3.27. The van der Waals surface area contributed by atoms with Gasteiger partial charge in [0.2, 0.25) is 0 Å². The normalized spacial score (nSPS) is 17.0. The molecule has 4 nitrogen and oxygen atoms in total. The van der Waals surface area contributed by atoms with E-state index in [4.69, 9.17) is 4.99 Å². The van der Waals surface area contributed by atoms with Gasteiger partial charge in [-0.15, -0.1) is 0 Å². The van der Waals surface area contributed by atoms with Gasteiger partial charge < -0.3 is 4.90 Å². The van der Waals surface area contributed by atoms with Crippen LogP contribution in [-0.2, 0) is 12.0 Å². The van der Waals surface area contributed by atoms with Crippen LogP contribution in [0.3, 0.4) is 0 Å². The summed E-state index contributed by atoms with van der Waals surface area (Å²) in [6.45, 7) is 7.16. The van der Waals surface area contributed by atoms with Gasteiger partial charge in [-0.1, -0.05) is 63.2 Å². The fourth-order valence-electron chi connectivity index (χ4n) is 3.29. The molecule has 2 heterocycles. The molecule has 0 radical (unpaired) electrons. The maximum atomic E-state index is 12.9. The van der Waals surface area contributed by atoms with Crippen molar-refractivity contribution in [3.8, 4) is 0 Å². The van der Waals surface area contributed by atoms with Crippen molar-refractivity contribution in [1.29, 1.82) is 0 Å². The predicted molar refractivity (Wildman–Crippen MR) is 114 cm³/mol. The number of rotatable bonds is 1. The number of carbonyl (C=O) groups is 1. The molecule has 0 atom stereocenters. The molecule has 28 heavy (non-hydrogen) atoms. The van der Waals surface area contributed by atoms with Crippen molar-refractivity contribution < 1.29 is 4.79 Å². The number of hydrogen-bond acceptors (Lipinski definition) is 2. The van der Waals surface area contributed by atoms with Gasteiger partial charge >= 0.3 is 0 Å². The quantitative estimate of drug-likeness (QED) is 0.720. The summed E-state index contributed by atoms with van der Waals surface area (Å²) in [6.07, 6.45) is 7.84. The van der Waals surface area contributed by atoms with E-state index in [0.717, 1.165) is 17.0 Å². The molecule has 0 spiro atoms. The predicted octanol–water partition coefficient (Wildman–Crippen LogP) is 4.87. The minimum absolute atomic E-state index is 0.0456. The molecule has 0 aromatic heterocycles. The van der Waals surface area contributed by atoms with Crippen molar-refractivity contribution in [2.75, 3.05) is 0 Å². The number of hydrogen-bond donors (Lipinski definition) is 0. The van der Waals surface area contributed by atoms with Crippen molar-refractivity contribution in [3.05, 3.63) is 95.2 Å². The van der Waals surface area contributed by atoms with E-state index in [2.05, 4.69) is 36.7 Å². The Labute approximate surface area is 165 Å². The Balaban J connectivity index is 1.73. The lowest BCUT2D eigenvalue weighted by Gasteiger charge is -2.20. The van der Waals surface area contributed by atoms with Crippen molar-refractivity contribution in [2.45, 2.75) is 32.7 Å². The van der Waals surface area contributed by atoms with Crippen molar-refractivity contribution in [1.82, 2.24) is 4.90 Å². The minimum atomic E-state index is -0.279. The molecule has 0 aliphatic carbocycles. The zero-order valence-electron chi connectivity index (χ0n) is 16.4. The molecule has 4 rings (SSSR count). The van der Waals surface area contributed by atoms with E-state index in [1.165, 1.54) is 5.56 Å². The average molecular weight is 369 g/mol. The highest BCUT2D eigenvalue weighted by Gasteiger charge is 2.21. The molecule has 0 bridgehead atoms. The monoisotopic (exact) mass is 369 g/mol. The first-order valence-electron chi connectivity index (χ1n) is 9.44. The van der Waals surface area contributed by atoms with Gasteiger partial charge in [0.05, 0.1) is 0 Å². The van der Waals surface area contributed by atoms with Gasteiger partial charge in [0.25, 0.3) is 5.91 Å². The van der Waals surface area contributed by atoms with E-state index in [-0.39, 0.29) is 11.3 Å². The Morgan fingerprint density at radius 3 is 2.54 bits per heavy atom. The van der Waals surface area contributed by atoms with Gasteiger partial charge in [-0.2, -0.15) is 4.99 Å². The number of benzene rings is 2. The van der Waals surface area contributed by atoms with Crippen molar-refractivity contribution in [3.63, 3.8) is 0 Å². The summed E-state index contributed by atoms with van der Waals surface area (Å²) in [6, 6.07) is 15.7. The number of aliphatic imine (C=N–C) groups is 2. The molecule has 0 fully saturated rings. The van der Waals surface area contributed by atoms with Crippen LogP contribution < -0.4 is 0 Å². The molecular formula is C24H23N3O. The number of amides is 1. The number of amidine groups is 2. The van der Waals surface area contributed by atoms with E-state index in [0.29, 0.717) is 17.9 Å². The largest absolute Gasteiger partial charge is 0.329 e. The van der Waals surface area contributed by atoms with E-state index in [9.17, 15) is 4.79 Å². The molecule has 1 amide bonds. The molecule has 0 unspecified atom stereocenters. The fraction of sp³-hybridized carbons (Fsp3) is 0.208. The molecule has 0 saturated heterocycles.